The van der Waals surface area contributed by atoms with Gasteiger partial charge in [0.15, 0.2) is 0 Å². The Morgan fingerprint density at radius 2 is 2.06 bits per heavy atom. The Hall–Kier alpha value is -0.670. The molecule has 1 aromatic rings. The molecule has 0 bridgehead atoms. The van der Waals surface area contributed by atoms with E-state index in [-0.39, 0.29) is 0 Å². The molecule has 0 amide bonds. The molecule has 0 aliphatic rings. The predicted octanol–water partition coefficient (Wildman–Crippen LogP) is 3.49. The Kier molecular flexibility index (Phi) is 6.34. The largest absolute Gasteiger partial charge is 0.382 e. The van der Waals surface area contributed by atoms with Gasteiger partial charge in [-0.05, 0) is 24.3 Å². The molecule has 3 heteroatoms. The van der Waals surface area contributed by atoms with Crippen molar-refractivity contribution in [1.29, 1.82) is 0 Å². The summed E-state index contributed by atoms with van der Waals surface area (Å²) in [7, 11) is 0. The molecule has 1 aromatic carbocycles. The van der Waals surface area contributed by atoms with Crippen molar-refractivity contribution in [3.63, 3.8) is 0 Å². The molecule has 0 aliphatic heterocycles. The van der Waals surface area contributed by atoms with E-state index < -0.39 is 0 Å². The van der Waals surface area contributed by atoms with Crippen molar-refractivity contribution >= 4 is 17.4 Å². The zero-order valence-electron chi connectivity index (χ0n) is 10.3. The van der Waals surface area contributed by atoms with Gasteiger partial charge in [0.2, 0.25) is 0 Å². The van der Waals surface area contributed by atoms with E-state index in [2.05, 4.69) is 49.7 Å². The van der Waals surface area contributed by atoms with Gasteiger partial charge < -0.3 is 10.1 Å². The Balaban J connectivity index is 2.26. The van der Waals surface area contributed by atoms with Crippen LogP contribution in [0.25, 0.3) is 0 Å². The van der Waals surface area contributed by atoms with E-state index in [1.165, 1.54) is 10.6 Å². The third-order valence-electron chi connectivity index (χ3n) is 2.12. The van der Waals surface area contributed by atoms with Crippen LogP contribution in [0.5, 0.6) is 0 Å². The van der Waals surface area contributed by atoms with Crippen molar-refractivity contribution in [2.75, 3.05) is 31.3 Å². The average Bonchev–Trinajstić information content (AvgIpc) is 2.29. The highest BCUT2D eigenvalue weighted by Crippen LogP contribution is 2.24. The van der Waals surface area contributed by atoms with Crippen molar-refractivity contribution in [2.24, 2.45) is 5.92 Å². The first kappa shape index (κ1) is 13.4. The van der Waals surface area contributed by atoms with Crippen LogP contribution in [0, 0.1) is 5.92 Å². The number of hydrogen-bond donors (Lipinski definition) is 1. The molecule has 0 aliphatic carbocycles. The van der Waals surface area contributed by atoms with Crippen LogP contribution >= 0.6 is 11.8 Å². The maximum Gasteiger partial charge on any atom is 0.0639 e. The van der Waals surface area contributed by atoms with E-state index in [9.17, 15) is 0 Å². The highest BCUT2D eigenvalue weighted by Gasteiger charge is 1.99. The van der Waals surface area contributed by atoms with E-state index in [1.807, 2.05) is 0 Å². The second-order valence-electron chi connectivity index (χ2n) is 4.10. The van der Waals surface area contributed by atoms with Gasteiger partial charge in [0.1, 0.15) is 0 Å². The lowest BCUT2D eigenvalue weighted by molar-refractivity contribution is 0.118. The number of benzene rings is 1. The summed E-state index contributed by atoms with van der Waals surface area (Å²) in [6.45, 7) is 6.80. The van der Waals surface area contributed by atoms with Gasteiger partial charge in [-0.3, -0.25) is 0 Å². The summed E-state index contributed by atoms with van der Waals surface area (Å²) in [5, 5.41) is 3.39. The van der Waals surface area contributed by atoms with E-state index in [1.54, 1.807) is 11.8 Å². The normalized spacial score (nSPS) is 10.8. The van der Waals surface area contributed by atoms with Gasteiger partial charge in [0, 0.05) is 23.7 Å². The van der Waals surface area contributed by atoms with Gasteiger partial charge in [0.25, 0.3) is 0 Å². The summed E-state index contributed by atoms with van der Waals surface area (Å²) >= 11 is 1.76. The lowest BCUT2D eigenvalue weighted by atomic mass is 10.2. The van der Waals surface area contributed by atoms with Gasteiger partial charge >= 0.3 is 0 Å². The molecular weight excluding hydrogens is 218 g/mol. The van der Waals surface area contributed by atoms with Crippen LogP contribution in [0.1, 0.15) is 13.8 Å². The maximum absolute atomic E-state index is 5.52. The molecule has 90 valence electrons. The Labute approximate surface area is 103 Å². The van der Waals surface area contributed by atoms with Crippen LogP contribution in [0.3, 0.4) is 0 Å². The number of nitrogens with one attached hydrogen (secondary N) is 1. The number of thioether (sulfide) groups is 1. The second kappa shape index (κ2) is 7.58. The molecule has 0 saturated heterocycles. The molecule has 0 aromatic heterocycles. The van der Waals surface area contributed by atoms with E-state index in [4.69, 9.17) is 4.74 Å². The number of rotatable bonds is 7. The van der Waals surface area contributed by atoms with Crippen LogP contribution in [-0.2, 0) is 4.74 Å². The van der Waals surface area contributed by atoms with Gasteiger partial charge in [-0.25, -0.2) is 0 Å². The van der Waals surface area contributed by atoms with Crippen molar-refractivity contribution < 1.29 is 4.74 Å². The first-order chi connectivity index (χ1) is 7.74. The fourth-order valence-electron chi connectivity index (χ4n) is 1.37. The summed E-state index contributed by atoms with van der Waals surface area (Å²) in [6, 6.07) is 8.35. The molecule has 0 heterocycles. The minimum absolute atomic E-state index is 0.610. The highest BCUT2D eigenvalue weighted by atomic mass is 32.2. The molecule has 16 heavy (non-hydrogen) atoms. The third kappa shape index (κ3) is 4.90. The number of para-hydroxylation sites is 1. The van der Waals surface area contributed by atoms with E-state index >= 15 is 0 Å². The topological polar surface area (TPSA) is 21.3 Å². The zero-order chi connectivity index (χ0) is 11.8. The number of ether oxygens (including phenoxy) is 1. The summed E-state index contributed by atoms with van der Waals surface area (Å²) < 4.78 is 5.52. The smallest absolute Gasteiger partial charge is 0.0639 e. The Morgan fingerprint density at radius 1 is 1.31 bits per heavy atom. The molecule has 0 radical (unpaired) electrons. The van der Waals surface area contributed by atoms with E-state index in [0.29, 0.717) is 5.92 Å². The van der Waals surface area contributed by atoms with Gasteiger partial charge in [0.05, 0.1) is 6.61 Å². The van der Waals surface area contributed by atoms with Crippen LogP contribution in [0.2, 0.25) is 0 Å². The second-order valence-corrected chi connectivity index (χ2v) is 4.94. The van der Waals surface area contributed by atoms with Crippen molar-refractivity contribution in [2.45, 2.75) is 18.7 Å². The van der Waals surface area contributed by atoms with Crippen molar-refractivity contribution in [3.8, 4) is 0 Å². The standard InChI is InChI=1S/C13H21NOS/c1-11(2)10-15-9-8-14-12-6-4-5-7-13(12)16-3/h4-7,11,14H,8-10H2,1-3H3. The molecule has 2 nitrogen and oxygen atoms in total. The Morgan fingerprint density at radius 3 is 2.75 bits per heavy atom. The highest BCUT2D eigenvalue weighted by molar-refractivity contribution is 7.98. The van der Waals surface area contributed by atoms with Crippen LogP contribution in [0.15, 0.2) is 29.2 Å². The molecule has 0 unspecified atom stereocenters. The van der Waals surface area contributed by atoms with Crippen molar-refractivity contribution in [1.82, 2.24) is 0 Å². The lowest BCUT2D eigenvalue weighted by Gasteiger charge is -2.11. The fourth-order valence-corrected chi connectivity index (χ4v) is 1.94. The molecule has 1 rings (SSSR count). The third-order valence-corrected chi connectivity index (χ3v) is 2.92. The number of hydrogen-bond acceptors (Lipinski definition) is 3. The molecule has 0 spiro atoms. The fraction of sp³-hybridized carbons (Fsp3) is 0.538. The summed E-state index contributed by atoms with van der Waals surface area (Å²) in [5.41, 5.74) is 1.20. The van der Waals surface area contributed by atoms with Gasteiger partial charge in [-0.1, -0.05) is 26.0 Å². The zero-order valence-corrected chi connectivity index (χ0v) is 11.1. The quantitative estimate of drug-likeness (QED) is 0.581. The first-order valence-corrected chi connectivity index (χ1v) is 6.91. The maximum atomic E-state index is 5.52. The van der Waals surface area contributed by atoms with Crippen LogP contribution < -0.4 is 5.32 Å². The number of anilines is 1. The monoisotopic (exact) mass is 239 g/mol. The molecule has 1 N–H and O–H groups in total. The average molecular weight is 239 g/mol. The minimum Gasteiger partial charge on any atom is -0.382 e. The summed E-state index contributed by atoms with van der Waals surface area (Å²) in [6.07, 6.45) is 2.09. The lowest BCUT2D eigenvalue weighted by Crippen LogP contribution is -2.12. The minimum atomic E-state index is 0.610. The first-order valence-electron chi connectivity index (χ1n) is 5.68. The van der Waals surface area contributed by atoms with Gasteiger partial charge in [-0.15, -0.1) is 11.8 Å². The van der Waals surface area contributed by atoms with Crippen LogP contribution in [-0.4, -0.2) is 26.0 Å². The van der Waals surface area contributed by atoms with Gasteiger partial charge in [-0.2, -0.15) is 0 Å². The van der Waals surface area contributed by atoms with E-state index in [0.717, 1.165) is 19.8 Å². The Bertz CT molecular complexity index is 302. The molecule has 0 atom stereocenters. The SMILES string of the molecule is CSc1ccccc1NCCOCC(C)C. The molecule has 0 saturated carbocycles. The molecular formula is C13H21NOS. The predicted molar refractivity (Wildman–Crippen MR) is 72.4 cm³/mol. The summed E-state index contributed by atoms with van der Waals surface area (Å²) in [5.74, 6) is 0.610. The van der Waals surface area contributed by atoms with Crippen LogP contribution in [0.4, 0.5) is 5.69 Å². The molecule has 0 fully saturated rings. The summed E-state index contributed by atoms with van der Waals surface area (Å²) in [4.78, 5) is 1.28. The van der Waals surface area contributed by atoms with Crippen molar-refractivity contribution in [3.05, 3.63) is 24.3 Å².